The largest absolute Gasteiger partial charge is 0.376 e. The molecule has 1 aromatic heterocycles. The molecule has 0 amide bonds. The molecule has 70 valence electrons. The molecular weight excluding hydrogens is 168 g/mol. The molecule has 1 aliphatic heterocycles. The summed E-state index contributed by atoms with van der Waals surface area (Å²) in [5.74, 6) is -0.418. The van der Waals surface area contributed by atoms with Crippen LogP contribution in [0.3, 0.4) is 0 Å². The van der Waals surface area contributed by atoms with Gasteiger partial charge in [0.25, 0.3) is 0 Å². The van der Waals surface area contributed by atoms with Crippen molar-refractivity contribution in [2.45, 2.75) is 19.1 Å². The highest BCUT2D eigenvalue weighted by Crippen LogP contribution is 2.14. The van der Waals surface area contributed by atoms with Crippen LogP contribution in [0.4, 0.5) is 0 Å². The van der Waals surface area contributed by atoms with Crippen molar-refractivity contribution in [2.24, 2.45) is 4.99 Å². The predicted molar refractivity (Wildman–Crippen MR) is 47.8 cm³/mol. The highest BCUT2D eigenvalue weighted by molar-refractivity contribution is 5.55. The quantitative estimate of drug-likeness (QED) is 0.722. The Morgan fingerprint density at radius 3 is 3.69 bits per heavy atom. The van der Waals surface area contributed by atoms with E-state index in [-0.39, 0.29) is 11.8 Å². The van der Waals surface area contributed by atoms with Crippen LogP contribution in [0.25, 0.3) is 0 Å². The van der Waals surface area contributed by atoms with Crippen LogP contribution in [-0.2, 0) is 6.37 Å². The van der Waals surface area contributed by atoms with Crippen LogP contribution in [0.15, 0.2) is 9.52 Å². The SMILES string of the molecule is [2H]C([2H])([2H])C([2H])([2H])c1noc(C2CN=CNC2)n1. The minimum absolute atomic E-state index is 0.163. The summed E-state index contributed by atoms with van der Waals surface area (Å²) in [6, 6.07) is 0. The van der Waals surface area contributed by atoms with Gasteiger partial charge in [0, 0.05) is 19.8 Å². The van der Waals surface area contributed by atoms with Gasteiger partial charge in [0.05, 0.1) is 18.8 Å². The number of nitrogens with zero attached hydrogens (tertiary/aromatic N) is 3. The van der Waals surface area contributed by atoms with Crippen molar-refractivity contribution in [3.05, 3.63) is 11.7 Å². The monoisotopic (exact) mass is 185 g/mol. The van der Waals surface area contributed by atoms with E-state index in [9.17, 15) is 0 Å². The Morgan fingerprint density at radius 2 is 2.92 bits per heavy atom. The molecule has 5 nitrogen and oxygen atoms in total. The normalized spacial score (nSPS) is 29.2. The van der Waals surface area contributed by atoms with Crippen LogP contribution in [0.5, 0.6) is 0 Å². The fourth-order valence-corrected chi connectivity index (χ4v) is 1.12. The first-order valence-corrected chi connectivity index (χ1v) is 3.88. The van der Waals surface area contributed by atoms with Gasteiger partial charge >= 0.3 is 0 Å². The zero-order valence-corrected chi connectivity index (χ0v) is 6.82. The Hall–Kier alpha value is -1.39. The lowest BCUT2D eigenvalue weighted by Crippen LogP contribution is -2.27. The second kappa shape index (κ2) is 3.55. The average molecular weight is 185 g/mol. The highest BCUT2D eigenvalue weighted by atomic mass is 16.5. The van der Waals surface area contributed by atoms with Crippen LogP contribution in [0, 0.1) is 0 Å². The van der Waals surface area contributed by atoms with Crippen molar-refractivity contribution in [1.82, 2.24) is 15.5 Å². The van der Waals surface area contributed by atoms with Crippen LogP contribution >= 0.6 is 0 Å². The van der Waals surface area contributed by atoms with Gasteiger partial charge in [0.15, 0.2) is 5.82 Å². The summed E-state index contributed by atoms with van der Waals surface area (Å²) in [6.07, 6.45) is -1.06. The Labute approximate surface area is 83.3 Å². The molecule has 0 bridgehead atoms. The maximum absolute atomic E-state index is 7.52. The van der Waals surface area contributed by atoms with E-state index >= 15 is 0 Å². The molecule has 1 atom stereocenters. The Kier molecular flexibility index (Phi) is 1.15. The van der Waals surface area contributed by atoms with E-state index in [1.807, 2.05) is 0 Å². The minimum atomic E-state index is -2.84. The second-order valence-corrected chi connectivity index (χ2v) is 2.68. The molecule has 5 heteroatoms. The summed E-state index contributed by atoms with van der Waals surface area (Å²) in [4.78, 5) is 7.83. The molecule has 1 N–H and O–H groups in total. The molecule has 0 saturated heterocycles. The van der Waals surface area contributed by atoms with Crippen molar-refractivity contribution >= 4 is 6.34 Å². The summed E-state index contributed by atoms with van der Waals surface area (Å²) in [7, 11) is 0. The van der Waals surface area contributed by atoms with Crippen LogP contribution < -0.4 is 5.32 Å². The Bertz CT molecular complexity index is 455. The van der Waals surface area contributed by atoms with Gasteiger partial charge in [0.1, 0.15) is 0 Å². The molecule has 0 aromatic carbocycles. The maximum atomic E-state index is 7.52. The summed E-state index contributed by atoms with van der Waals surface area (Å²) in [5, 5.41) is 6.32. The van der Waals surface area contributed by atoms with E-state index < -0.39 is 19.0 Å². The van der Waals surface area contributed by atoms with Gasteiger partial charge < -0.3 is 9.84 Å². The van der Waals surface area contributed by atoms with Crippen molar-refractivity contribution in [3.63, 3.8) is 0 Å². The van der Waals surface area contributed by atoms with Crippen molar-refractivity contribution in [2.75, 3.05) is 13.1 Å². The van der Waals surface area contributed by atoms with Crippen LogP contribution in [-0.4, -0.2) is 29.6 Å². The third-order valence-electron chi connectivity index (χ3n) is 1.78. The standard InChI is InChI=1S/C8H12N4O/c1-2-7-11-8(13-12-7)6-3-9-5-10-4-6/h5-6H,2-4H2,1H3,(H,9,10)/i1D3,2D2. The molecule has 0 aliphatic carbocycles. The van der Waals surface area contributed by atoms with Gasteiger partial charge in [-0.1, -0.05) is 12.0 Å². The number of aliphatic imine (C=N–C) groups is 1. The topological polar surface area (TPSA) is 63.3 Å². The zero-order chi connectivity index (χ0) is 13.4. The number of hydrogen-bond acceptors (Lipinski definition) is 5. The van der Waals surface area contributed by atoms with E-state index in [1.165, 1.54) is 0 Å². The number of rotatable bonds is 2. The van der Waals surface area contributed by atoms with Gasteiger partial charge in [-0.05, 0) is 0 Å². The number of nitrogens with one attached hydrogen (secondary N) is 1. The maximum Gasteiger partial charge on any atom is 0.233 e. The molecule has 0 radical (unpaired) electrons. The van der Waals surface area contributed by atoms with E-state index in [4.69, 9.17) is 11.4 Å². The first-order chi connectivity index (χ1) is 8.32. The van der Waals surface area contributed by atoms with Crippen molar-refractivity contribution < 1.29 is 11.4 Å². The van der Waals surface area contributed by atoms with Crippen LogP contribution in [0.1, 0.15) is 31.3 Å². The fourth-order valence-electron chi connectivity index (χ4n) is 1.12. The van der Waals surface area contributed by atoms with E-state index in [1.54, 1.807) is 6.34 Å². The lowest BCUT2D eigenvalue weighted by molar-refractivity contribution is 0.348. The molecule has 13 heavy (non-hydrogen) atoms. The lowest BCUT2D eigenvalue weighted by atomic mass is 10.1. The van der Waals surface area contributed by atoms with Gasteiger partial charge in [-0.25, -0.2) is 0 Å². The predicted octanol–water partition coefficient (Wildman–Crippen LogP) is 0.347. The zero-order valence-electron chi connectivity index (χ0n) is 11.8. The third kappa shape index (κ3) is 1.68. The molecule has 1 unspecified atom stereocenters. The summed E-state index contributed by atoms with van der Waals surface area (Å²) < 4.78 is 41.3. The van der Waals surface area contributed by atoms with Crippen molar-refractivity contribution in [1.29, 1.82) is 0 Å². The first kappa shape index (κ1) is 4.21. The second-order valence-electron chi connectivity index (χ2n) is 2.68. The average Bonchev–Trinajstić information content (AvgIpc) is 2.78. The fraction of sp³-hybridized carbons (Fsp3) is 0.625. The molecule has 1 aliphatic rings. The smallest absolute Gasteiger partial charge is 0.233 e. The van der Waals surface area contributed by atoms with E-state index in [0.717, 1.165) is 0 Å². The first-order valence-electron chi connectivity index (χ1n) is 6.38. The highest BCUT2D eigenvalue weighted by Gasteiger charge is 2.19. The van der Waals surface area contributed by atoms with Gasteiger partial charge in [-0.2, -0.15) is 4.98 Å². The molecule has 0 fully saturated rings. The minimum Gasteiger partial charge on any atom is -0.376 e. The number of hydrogen-bond donors (Lipinski definition) is 1. The Morgan fingerprint density at radius 1 is 1.92 bits per heavy atom. The van der Waals surface area contributed by atoms with Gasteiger partial charge in [0.2, 0.25) is 5.89 Å². The van der Waals surface area contributed by atoms with Crippen molar-refractivity contribution in [3.8, 4) is 0 Å². The van der Waals surface area contributed by atoms with Crippen LogP contribution in [0.2, 0.25) is 0 Å². The van der Waals surface area contributed by atoms with E-state index in [2.05, 4.69) is 20.4 Å². The molecule has 2 rings (SSSR count). The molecule has 1 aromatic rings. The van der Waals surface area contributed by atoms with Gasteiger partial charge in [-0.3, -0.25) is 4.99 Å². The Balaban J connectivity index is 2.22. The summed E-state index contributed by atoms with van der Waals surface area (Å²) in [6.45, 7) is -1.84. The molecule has 0 saturated carbocycles. The molecule has 2 heterocycles. The third-order valence-corrected chi connectivity index (χ3v) is 1.78. The van der Waals surface area contributed by atoms with Gasteiger partial charge in [-0.15, -0.1) is 0 Å². The number of aryl methyl sites for hydroxylation is 1. The molecular formula is C8H12N4O. The lowest BCUT2D eigenvalue weighted by Gasteiger charge is -2.13. The summed E-state index contributed by atoms with van der Waals surface area (Å²) >= 11 is 0. The summed E-state index contributed by atoms with van der Waals surface area (Å²) in [5.41, 5.74) is 0. The molecule has 0 spiro atoms. The number of aromatic nitrogens is 2. The van der Waals surface area contributed by atoms with E-state index in [0.29, 0.717) is 13.1 Å².